The highest BCUT2D eigenvalue weighted by Crippen LogP contribution is 2.42. The third kappa shape index (κ3) is 5.70. The van der Waals surface area contributed by atoms with Crippen molar-refractivity contribution in [2.75, 3.05) is 17.3 Å². The van der Waals surface area contributed by atoms with Gasteiger partial charge in [0.05, 0.1) is 6.42 Å². The van der Waals surface area contributed by atoms with Crippen molar-refractivity contribution in [1.29, 1.82) is 0 Å². The summed E-state index contributed by atoms with van der Waals surface area (Å²) in [6.07, 6.45) is -0.374. The molecule has 2 atom stereocenters. The Morgan fingerprint density at radius 2 is 1.74 bits per heavy atom. The molecule has 196 valence electrons. The van der Waals surface area contributed by atoms with E-state index in [9.17, 15) is 14.4 Å². The molecule has 1 fully saturated rings. The zero-order valence-electron chi connectivity index (χ0n) is 20.9. The van der Waals surface area contributed by atoms with Gasteiger partial charge in [0.2, 0.25) is 5.91 Å². The van der Waals surface area contributed by atoms with Crippen LogP contribution >= 0.6 is 34.9 Å². The number of hydrogen-bond donors (Lipinski definition) is 1. The van der Waals surface area contributed by atoms with Gasteiger partial charge in [-0.2, -0.15) is 11.8 Å². The van der Waals surface area contributed by atoms with Crippen LogP contribution in [0.1, 0.15) is 29.0 Å². The molecule has 0 aliphatic carbocycles. The number of β-lactam (4-membered cyclic amide) rings is 1. The molecular weight excluding hydrogens is 537 g/mol. The summed E-state index contributed by atoms with van der Waals surface area (Å²) in [6, 6.07) is 22.4. The number of fused-ring (bicyclic) bond motifs is 1. The van der Waals surface area contributed by atoms with Crippen molar-refractivity contribution < 1.29 is 19.1 Å². The summed E-state index contributed by atoms with van der Waals surface area (Å²) in [7, 11) is 0. The lowest BCUT2D eigenvalue weighted by atomic mass is 10.0. The third-order valence-corrected chi connectivity index (χ3v) is 9.56. The number of amides is 2. The Labute approximate surface area is 234 Å². The quantitative estimate of drug-likeness (QED) is 0.275. The van der Waals surface area contributed by atoms with Crippen LogP contribution in [-0.2, 0) is 25.5 Å². The van der Waals surface area contributed by atoms with E-state index in [1.807, 2.05) is 78.2 Å². The highest BCUT2D eigenvalue weighted by molar-refractivity contribution is 8.01. The van der Waals surface area contributed by atoms with Gasteiger partial charge >= 0.3 is 5.97 Å². The zero-order valence-corrected chi connectivity index (χ0v) is 23.3. The number of nitrogens with one attached hydrogen (secondary N) is 1. The first-order valence-corrected chi connectivity index (χ1v) is 15.5. The summed E-state index contributed by atoms with van der Waals surface area (Å²) >= 11 is 4.79. The Balaban J connectivity index is 1.38. The fourth-order valence-electron chi connectivity index (χ4n) is 4.55. The number of esters is 1. The van der Waals surface area contributed by atoms with Crippen LogP contribution in [0.25, 0.3) is 0 Å². The highest BCUT2D eigenvalue weighted by Gasteiger charge is 2.54. The van der Waals surface area contributed by atoms with Crippen molar-refractivity contribution in [1.82, 2.24) is 10.2 Å². The first kappa shape index (κ1) is 26.6. The average Bonchev–Trinajstić information content (AvgIpc) is 3.46. The van der Waals surface area contributed by atoms with Gasteiger partial charge < -0.3 is 10.1 Å². The molecule has 2 aromatic carbocycles. The predicted octanol–water partition coefficient (Wildman–Crippen LogP) is 5.03. The van der Waals surface area contributed by atoms with Gasteiger partial charge in [-0.3, -0.25) is 14.5 Å². The molecular formula is C29H28N2O4S3. The van der Waals surface area contributed by atoms with Gasteiger partial charge in [0, 0.05) is 16.4 Å². The largest absolute Gasteiger partial charge is 0.448 e. The molecule has 6 nitrogen and oxygen atoms in total. The molecule has 0 spiro atoms. The normalized spacial score (nSPS) is 18.7. The number of nitrogens with zero attached hydrogens (tertiary/aromatic N) is 1. The number of ether oxygens (including phenoxy) is 1. The number of hydrogen-bond acceptors (Lipinski definition) is 7. The van der Waals surface area contributed by atoms with E-state index in [2.05, 4.69) is 12.2 Å². The van der Waals surface area contributed by atoms with E-state index in [4.69, 9.17) is 4.74 Å². The lowest BCUT2D eigenvalue weighted by molar-refractivity contribution is -0.154. The number of thiophene rings is 1. The minimum atomic E-state index is -0.658. The molecule has 5 rings (SSSR count). The van der Waals surface area contributed by atoms with E-state index in [1.54, 1.807) is 23.5 Å². The summed E-state index contributed by atoms with van der Waals surface area (Å²) in [5.41, 5.74) is 2.92. The van der Waals surface area contributed by atoms with Crippen molar-refractivity contribution >= 4 is 52.6 Å². The molecule has 3 heterocycles. The van der Waals surface area contributed by atoms with Crippen molar-refractivity contribution in [2.45, 2.75) is 30.9 Å². The average molecular weight is 565 g/mol. The molecule has 0 radical (unpaired) electrons. The molecule has 38 heavy (non-hydrogen) atoms. The topological polar surface area (TPSA) is 75.7 Å². The Morgan fingerprint density at radius 3 is 2.34 bits per heavy atom. The molecule has 0 bridgehead atoms. The van der Waals surface area contributed by atoms with Crippen LogP contribution in [-0.4, -0.2) is 51.4 Å². The van der Waals surface area contributed by atoms with E-state index < -0.39 is 18.1 Å². The van der Waals surface area contributed by atoms with Crippen molar-refractivity contribution in [3.05, 3.63) is 105 Å². The number of rotatable bonds is 10. The van der Waals surface area contributed by atoms with Crippen LogP contribution in [0.3, 0.4) is 0 Å². The molecule has 1 saturated heterocycles. The summed E-state index contributed by atoms with van der Waals surface area (Å²) < 4.78 is 6.16. The van der Waals surface area contributed by atoms with Gasteiger partial charge in [-0.25, -0.2) is 4.79 Å². The first-order chi connectivity index (χ1) is 18.6. The number of thioether (sulfide) groups is 2. The Kier molecular flexibility index (Phi) is 8.56. The van der Waals surface area contributed by atoms with E-state index in [1.165, 1.54) is 16.2 Å². The highest BCUT2D eigenvalue weighted by atomic mass is 32.2. The second-order valence-electron chi connectivity index (χ2n) is 8.91. The maximum atomic E-state index is 13.8. The number of carbonyl (C=O) groups excluding carboxylic acids is 3. The van der Waals surface area contributed by atoms with Gasteiger partial charge in [-0.15, -0.1) is 23.1 Å². The first-order valence-electron chi connectivity index (χ1n) is 12.4. The predicted molar refractivity (Wildman–Crippen MR) is 154 cm³/mol. The van der Waals surface area contributed by atoms with Crippen LogP contribution in [0, 0.1) is 0 Å². The van der Waals surface area contributed by atoms with Gasteiger partial charge in [-0.05, 0) is 33.9 Å². The van der Waals surface area contributed by atoms with Crippen molar-refractivity contribution in [2.24, 2.45) is 0 Å². The summed E-state index contributed by atoms with van der Waals surface area (Å²) in [5.74, 6) is 1.15. The second kappa shape index (κ2) is 12.2. The van der Waals surface area contributed by atoms with Crippen molar-refractivity contribution in [3.8, 4) is 0 Å². The second-order valence-corrected chi connectivity index (χ2v) is 12.3. The van der Waals surface area contributed by atoms with Gasteiger partial charge in [0.25, 0.3) is 5.91 Å². The minimum absolute atomic E-state index is 0.195. The fourth-order valence-corrected chi connectivity index (χ4v) is 7.42. The smallest absolute Gasteiger partial charge is 0.356 e. The van der Waals surface area contributed by atoms with Crippen LogP contribution in [0.15, 0.2) is 89.4 Å². The Hall–Kier alpha value is -3.01. The molecule has 0 unspecified atom stereocenters. The van der Waals surface area contributed by atoms with Gasteiger partial charge in [0.15, 0.2) is 6.10 Å². The maximum absolute atomic E-state index is 13.8. The summed E-state index contributed by atoms with van der Waals surface area (Å²) in [5, 5.41) is 4.48. The molecule has 2 amide bonds. The Morgan fingerprint density at radius 1 is 1.05 bits per heavy atom. The Bertz CT molecular complexity index is 1270. The van der Waals surface area contributed by atoms with E-state index in [0.717, 1.165) is 27.3 Å². The minimum Gasteiger partial charge on any atom is -0.448 e. The molecule has 0 saturated carbocycles. The maximum Gasteiger partial charge on any atom is 0.356 e. The van der Waals surface area contributed by atoms with Gasteiger partial charge in [0.1, 0.15) is 17.1 Å². The molecule has 2 aliphatic heterocycles. The monoisotopic (exact) mass is 564 g/mol. The summed E-state index contributed by atoms with van der Waals surface area (Å²) in [6.45, 7) is 2.07. The lowest BCUT2D eigenvalue weighted by Gasteiger charge is -2.50. The van der Waals surface area contributed by atoms with E-state index >= 15 is 0 Å². The number of benzene rings is 2. The summed E-state index contributed by atoms with van der Waals surface area (Å²) in [4.78, 5) is 42.3. The molecule has 9 heteroatoms. The zero-order chi connectivity index (χ0) is 26.5. The fraction of sp³-hybridized carbons (Fsp3) is 0.276. The molecule has 1 aromatic heterocycles. The molecule has 1 N–H and O–H groups in total. The molecule has 2 aliphatic rings. The molecule has 3 aromatic rings. The van der Waals surface area contributed by atoms with Crippen LogP contribution in [0.5, 0.6) is 0 Å². The van der Waals surface area contributed by atoms with E-state index in [0.29, 0.717) is 17.2 Å². The number of carbonyl (C=O) groups is 3. The van der Waals surface area contributed by atoms with Crippen LogP contribution in [0.4, 0.5) is 0 Å². The van der Waals surface area contributed by atoms with Crippen LogP contribution in [0.2, 0.25) is 0 Å². The van der Waals surface area contributed by atoms with Gasteiger partial charge in [-0.1, -0.05) is 73.7 Å². The van der Waals surface area contributed by atoms with Crippen LogP contribution < -0.4 is 5.32 Å². The van der Waals surface area contributed by atoms with Crippen molar-refractivity contribution in [3.63, 3.8) is 0 Å². The third-order valence-electron chi connectivity index (χ3n) is 6.38. The lowest BCUT2D eigenvalue weighted by Crippen LogP contribution is -2.70. The standard InChI is InChI=1S/C29H28N2O4S3/c1-2-36-17-21-18-38-28-24(30-23(32)16-22-14-9-15-37-22)27(33)31(28)25(21)29(34)35-26(19-10-5-3-6-11-19)20-12-7-4-8-13-20/h3-15,24,26,28H,2,16-18H2,1H3,(H,30,32)/t24-,28+/m1/s1. The van der Waals surface area contributed by atoms with E-state index in [-0.39, 0.29) is 23.6 Å². The SMILES string of the molecule is CCSCC1=C(C(=O)OC(c2ccccc2)c2ccccc2)N2C(=O)[C@@H](NC(=O)Cc3cccs3)[C@@H]2SC1.